The van der Waals surface area contributed by atoms with Crippen molar-refractivity contribution in [3.63, 3.8) is 0 Å². The van der Waals surface area contributed by atoms with Gasteiger partial charge in [0.1, 0.15) is 5.82 Å². The average Bonchev–Trinajstić information content (AvgIpc) is 2.96. The second-order valence-electron chi connectivity index (χ2n) is 6.65. The van der Waals surface area contributed by atoms with Crippen molar-refractivity contribution in [1.82, 2.24) is 20.1 Å². The second kappa shape index (κ2) is 9.09. The summed E-state index contributed by atoms with van der Waals surface area (Å²) >= 11 is 0. The molecule has 1 unspecified atom stereocenters. The molecule has 8 heteroatoms. The van der Waals surface area contributed by atoms with Crippen molar-refractivity contribution in [2.75, 3.05) is 18.4 Å². The smallest absolute Gasteiger partial charge is 0.227 e. The van der Waals surface area contributed by atoms with Gasteiger partial charge in [0.2, 0.25) is 11.9 Å². The molecule has 1 aliphatic heterocycles. The molecule has 142 valence electrons. The van der Waals surface area contributed by atoms with Crippen LogP contribution in [0.4, 0.5) is 10.3 Å². The van der Waals surface area contributed by atoms with Crippen molar-refractivity contribution in [2.45, 2.75) is 38.0 Å². The number of halogens is 2. The van der Waals surface area contributed by atoms with E-state index in [9.17, 15) is 9.18 Å². The zero-order chi connectivity index (χ0) is 17.8. The van der Waals surface area contributed by atoms with E-state index >= 15 is 0 Å². The molecule has 26 heavy (non-hydrogen) atoms. The fourth-order valence-corrected chi connectivity index (χ4v) is 3.15. The zero-order valence-corrected chi connectivity index (χ0v) is 15.9. The molecule has 1 aromatic carbocycles. The Morgan fingerprint density at radius 2 is 2.15 bits per heavy atom. The van der Waals surface area contributed by atoms with Crippen molar-refractivity contribution in [2.24, 2.45) is 7.05 Å². The first-order valence-electron chi connectivity index (χ1n) is 8.70. The minimum absolute atomic E-state index is 0. The normalized spacial score (nSPS) is 16.0. The monoisotopic (exact) mass is 381 g/mol. The summed E-state index contributed by atoms with van der Waals surface area (Å²) in [7, 11) is 1.78. The minimum Gasteiger partial charge on any atom is -0.317 e. The van der Waals surface area contributed by atoms with Crippen LogP contribution in [0.3, 0.4) is 0 Å². The maximum Gasteiger partial charge on any atom is 0.227 e. The van der Waals surface area contributed by atoms with E-state index in [0.29, 0.717) is 11.9 Å². The maximum atomic E-state index is 13.3. The summed E-state index contributed by atoms with van der Waals surface area (Å²) in [6.07, 6.45) is 2.28. The van der Waals surface area contributed by atoms with Crippen LogP contribution in [-0.2, 0) is 11.8 Å². The Morgan fingerprint density at radius 3 is 2.85 bits per heavy atom. The number of aryl methyl sites for hydroxylation is 1. The Labute approximate surface area is 159 Å². The van der Waals surface area contributed by atoms with E-state index in [1.165, 1.54) is 12.1 Å². The SMILES string of the molecule is CC(CC(=O)Nc1nc(C2CCNCC2)nn1C)c1cccc(F)c1.Cl. The molecule has 2 aromatic rings. The standard InChI is InChI=1S/C18H24FN5O.ClH/c1-12(14-4-3-5-15(19)11-14)10-16(25)21-18-22-17(23-24(18)2)13-6-8-20-9-7-13;/h3-5,11-13,20H,6-10H2,1-2H3,(H,21,22,23,25);1H. The van der Waals surface area contributed by atoms with Gasteiger partial charge in [0, 0.05) is 19.4 Å². The van der Waals surface area contributed by atoms with Crippen LogP contribution in [0.1, 0.15) is 49.4 Å². The number of nitrogens with zero attached hydrogens (tertiary/aromatic N) is 3. The molecule has 6 nitrogen and oxygen atoms in total. The third-order valence-electron chi connectivity index (χ3n) is 4.64. The molecule has 2 N–H and O–H groups in total. The first kappa shape index (κ1) is 20.3. The lowest BCUT2D eigenvalue weighted by Gasteiger charge is -2.19. The largest absolute Gasteiger partial charge is 0.317 e. The first-order chi connectivity index (χ1) is 12.0. The highest BCUT2D eigenvalue weighted by atomic mass is 35.5. The van der Waals surface area contributed by atoms with Crippen LogP contribution in [0.2, 0.25) is 0 Å². The van der Waals surface area contributed by atoms with Gasteiger partial charge in [-0.05, 0) is 49.5 Å². The van der Waals surface area contributed by atoms with Gasteiger partial charge in [0.05, 0.1) is 0 Å². The van der Waals surface area contributed by atoms with Gasteiger partial charge < -0.3 is 5.32 Å². The molecule has 1 fully saturated rings. The highest BCUT2D eigenvalue weighted by Crippen LogP contribution is 2.24. The van der Waals surface area contributed by atoms with E-state index in [4.69, 9.17) is 0 Å². The van der Waals surface area contributed by atoms with Gasteiger partial charge in [-0.2, -0.15) is 10.1 Å². The second-order valence-corrected chi connectivity index (χ2v) is 6.65. The summed E-state index contributed by atoms with van der Waals surface area (Å²) in [5.41, 5.74) is 0.809. The lowest BCUT2D eigenvalue weighted by Crippen LogP contribution is -2.27. The molecule has 3 rings (SSSR count). The topological polar surface area (TPSA) is 71.8 Å². The van der Waals surface area contributed by atoms with E-state index in [0.717, 1.165) is 37.3 Å². The van der Waals surface area contributed by atoms with Crippen molar-refractivity contribution < 1.29 is 9.18 Å². The fraction of sp³-hybridized carbons (Fsp3) is 0.500. The summed E-state index contributed by atoms with van der Waals surface area (Å²) in [6, 6.07) is 6.36. The number of hydrogen-bond donors (Lipinski definition) is 2. The van der Waals surface area contributed by atoms with Crippen LogP contribution in [0, 0.1) is 5.82 Å². The lowest BCUT2D eigenvalue weighted by atomic mass is 9.97. The molecule has 1 saturated heterocycles. The number of carbonyl (C=O) groups is 1. The number of nitrogens with one attached hydrogen (secondary N) is 2. The molecule has 0 saturated carbocycles. The van der Waals surface area contributed by atoms with E-state index < -0.39 is 0 Å². The van der Waals surface area contributed by atoms with Gasteiger partial charge in [-0.1, -0.05) is 19.1 Å². The third kappa shape index (κ3) is 5.02. The Balaban J connectivity index is 0.00000243. The molecular weight excluding hydrogens is 357 g/mol. The number of rotatable bonds is 5. The molecule has 0 radical (unpaired) electrons. The molecule has 1 aromatic heterocycles. The predicted octanol–water partition coefficient (Wildman–Crippen LogP) is 2.98. The first-order valence-corrected chi connectivity index (χ1v) is 8.70. The molecule has 1 atom stereocenters. The van der Waals surface area contributed by atoms with E-state index in [-0.39, 0.29) is 36.5 Å². The van der Waals surface area contributed by atoms with Crippen LogP contribution in [-0.4, -0.2) is 33.8 Å². The molecule has 0 bridgehead atoms. The van der Waals surface area contributed by atoms with Crippen LogP contribution < -0.4 is 10.6 Å². The Morgan fingerprint density at radius 1 is 1.42 bits per heavy atom. The Hall–Kier alpha value is -1.99. The van der Waals surface area contributed by atoms with E-state index in [1.54, 1.807) is 17.8 Å². The van der Waals surface area contributed by atoms with Gasteiger partial charge in [-0.15, -0.1) is 12.4 Å². The van der Waals surface area contributed by atoms with Crippen LogP contribution in [0.5, 0.6) is 0 Å². The number of aromatic nitrogens is 3. The molecule has 2 heterocycles. The van der Waals surface area contributed by atoms with Crippen molar-refractivity contribution in [3.05, 3.63) is 41.5 Å². The summed E-state index contributed by atoms with van der Waals surface area (Å²) < 4.78 is 14.9. The maximum absolute atomic E-state index is 13.3. The van der Waals surface area contributed by atoms with Gasteiger partial charge in [0.15, 0.2) is 5.82 Å². The molecular formula is C18H25ClFN5O. The minimum atomic E-state index is -0.287. The number of amides is 1. The summed E-state index contributed by atoms with van der Waals surface area (Å²) in [4.78, 5) is 16.8. The van der Waals surface area contributed by atoms with Crippen molar-refractivity contribution in [3.8, 4) is 0 Å². The van der Waals surface area contributed by atoms with Gasteiger partial charge in [0.25, 0.3) is 0 Å². The molecule has 0 spiro atoms. The van der Waals surface area contributed by atoms with Gasteiger partial charge in [-0.3, -0.25) is 10.1 Å². The number of benzene rings is 1. The summed E-state index contributed by atoms with van der Waals surface area (Å²) in [5.74, 6) is 1.08. The van der Waals surface area contributed by atoms with Crippen molar-refractivity contribution in [1.29, 1.82) is 0 Å². The fourth-order valence-electron chi connectivity index (χ4n) is 3.15. The van der Waals surface area contributed by atoms with Crippen LogP contribution in [0.25, 0.3) is 0 Å². The highest BCUT2D eigenvalue weighted by Gasteiger charge is 2.21. The van der Waals surface area contributed by atoms with E-state index in [1.807, 2.05) is 13.0 Å². The van der Waals surface area contributed by atoms with Gasteiger partial charge >= 0.3 is 0 Å². The third-order valence-corrected chi connectivity index (χ3v) is 4.64. The number of piperidine rings is 1. The average molecular weight is 382 g/mol. The van der Waals surface area contributed by atoms with Crippen LogP contribution in [0.15, 0.2) is 24.3 Å². The molecule has 1 amide bonds. The Kier molecular flexibility index (Phi) is 7.11. The van der Waals surface area contributed by atoms with Crippen LogP contribution >= 0.6 is 12.4 Å². The molecule has 1 aliphatic rings. The summed E-state index contributed by atoms with van der Waals surface area (Å²) in [6.45, 7) is 3.84. The quantitative estimate of drug-likeness (QED) is 0.835. The van der Waals surface area contributed by atoms with Gasteiger partial charge in [-0.25, -0.2) is 9.07 Å². The molecule has 0 aliphatic carbocycles. The highest BCUT2D eigenvalue weighted by molar-refractivity contribution is 5.89. The number of hydrogen-bond acceptors (Lipinski definition) is 4. The predicted molar refractivity (Wildman–Crippen MR) is 101 cm³/mol. The van der Waals surface area contributed by atoms with E-state index in [2.05, 4.69) is 20.7 Å². The number of carbonyl (C=O) groups excluding carboxylic acids is 1. The lowest BCUT2D eigenvalue weighted by molar-refractivity contribution is -0.116. The zero-order valence-electron chi connectivity index (χ0n) is 15.0. The van der Waals surface area contributed by atoms with Crippen molar-refractivity contribution >= 4 is 24.3 Å². The Bertz CT molecular complexity index is 745. The number of anilines is 1. The summed E-state index contributed by atoms with van der Waals surface area (Å²) in [5, 5.41) is 10.6.